The summed E-state index contributed by atoms with van der Waals surface area (Å²) in [5, 5.41) is 11.9. The standard InChI is InChI=1S/C20H15N5O2S/c26-19(21-11-10-18-24-23-17-7-3-4-12-25(17)18)14-8-9-15(27-14)20-22-13-5-1-2-6-16(13)28-20/h1-9,12H,10-11H2,(H,21,26). The van der Waals surface area contributed by atoms with E-state index in [1.165, 1.54) is 11.3 Å². The summed E-state index contributed by atoms with van der Waals surface area (Å²) in [6.45, 7) is 0.436. The third-order valence-corrected chi connectivity index (χ3v) is 5.40. The third-order valence-electron chi connectivity index (χ3n) is 4.35. The lowest BCUT2D eigenvalue weighted by atomic mass is 10.3. The van der Waals surface area contributed by atoms with Gasteiger partial charge in [-0.2, -0.15) is 0 Å². The highest BCUT2D eigenvalue weighted by Crippen LogP contribution is 2.31. The Kier molecular flexibility index (Phi) is 4.10. The molecule has 8 heteroatoms. The second kappa shape index (κ2) is 6.90. The van der Waals surface area contributed by atoms with Crippen molar-refractivity contribution in [3.8, 4) is 10.8 Å². The summed E-state index contributed by atoms with van der Waals surface area (Å²) < 4.78 is 8.71. The summed E-state index contributed by atoms with van der Waals surface area (Å²) in [5.41, 5.74) is 1.71. The van der Waals surface area contributed by atoms with Gasteiger partial charge in [-0.05, 0) is 36.4 Å². The van der Waals surface area contributed by atoms with E-state index >= 15 is 0 Å². The molecule has 1 aromatic carbocycles. The molecule has 7 nitrogen and oxygen atoms in total. The number of nitrogens with zero attached hydrogens (tertiary/aromatic N) is 4. The predicted molar refractivity (Wildman–Crippen MR) is 106 cm³/mol. The Morgan fingerprint density at radius 1 is 1.07 bits per heavy atom. The van der Waals surface area contributed by atoms with Crippen LogP contribution in [0.15, 0.2) is 65.2 Å². The van der Waals surface area contributed by atoms with Gasteiger partial charge in [0.25, 0.3) is 5.91 Å². The van der Waals surface area contributed by atoms with E-state index in [0.29, 0.717) is 18.7 Å². The number of benzene rings is 1. The van der Waals surface area contributed by atoms with Gasteiger partial charge < -0.3 is 9.73 Å². The van der Waals surface area contributed by atoms with Crippen LogP contribution in [0.25, 0.3) is 26.6 Å². The first-order valence-electron chi connectivity index (χ1n) is 8.80. The van der Waals surface area contributed by atoms with Crippen LogP contribution in [-0.2, 0) is 6.42 Å². The van der Waals surface area contributed by atoms with E-state index in [9.17, 15) is 4.79 Å². The molecular formula is C20H15N5O2S. The summed E-state index contributed by atoms with van der Waals surface area (Å²) in [6.07, 6.45) is 2.48. The minimum absolute atomic E-state index is 0.263. The van der Waals surface area contributed by atoms with Gasteiger partial charge in [-0.15, -0.1) is 21.5 Å². The summed E-state index contributed by atoms with van der Waals surface area (Å²) in [4.78, 5) is 16.9. The first kappa shape index (κ1) is 16.6. The van der Waals surface area contributed by atoms with Crippen LogP contribution in [0, 0.1) is 0 Å². The Labute approximate surface area is 163 Å². The Balaban J connectivity index is 1.26. The topological polar surface area (TPSA) is 85.3 Å². The van der Waals surface area contributed by atoms with E-state index in [2.05, 4.69) is 20.5 Å². The summed E-state index contributed by atoms with van der Waals surface area (Å²) in [5.74, 6) is 1.39. The van der Waals surface area contributed by atoms with Gasteiger partial charge in [0.1, 0.15) is 5.82 Å². The highest BCUT2D eigenvalue weighted by Gasteiger charge is 2.15. The zero-order valence-corrected chi connectivity index (χ0v) is 15.5. The zero-order chi connectivity index (χ0) is 18.9. The number of para-hydroxylation sites is 1. The number of thiazole rings is 1. The van der Waals surface area contributed by atoms with Crippen molar-refractivity contribution >= 4 is 33.1 Å². The lowest BCUT2D eigenvalue weighted by Gasteiger charge is -2.02. The number of amides is 1. The number of pyridine rings is 1. The lowest BCUT2D eigenvalue weighted by Crippen LogP contribution is -2.25. The van der Waals surface area contributed by atoms with Gasteiger partial charge in [-0.1, -0.05) is 18.2 Å². The van der Waals surface area contributed by atoms with Gasteiger partial charge in [0.05, 0.1) is 10.2 Å². The van der Waals surface area contributed by atoms with E-state index in [4.69, 9.17) is 4.42 Å². The Hall–Kier alpha value is -3.52. The van der Waals surface area contributed by atoms with Gasteiger partial charge in [0.15, 0.2) is 22.2 Å². The average Bonchev–Trinajstić information content (AvgIpc) is 3.45. The highest BCUT2D eigenvalue weighted by atomic mass is 32.1. The van der Waals surface area contributed by atoms with E-state index in [1.807, 2.05) is 53.1 Å². The van der Waals surface area contributed by atoms with E-state index in [-0.39, 0.29) is 11.7 Å². The molecule has 138 valence electrons. The molecule has 0 radical (unpaired) electrons. The Morgan fingerprint density at radius 3 is 2.89 bits per heavy atom. The SMILES string of the molecule is O=C(NCCc1nnc2ccccn12)c1ccc(-c2nc3ccccc3s2)o1. The van der Waals surface area contributed by atoms with Gasteiger partial charge in [-0.25, -0.2) is 4.98 Å². The van der Waals surface area contributed by atoms with Crippen molar-refractivity contribution in [3.63, 3.8) is 0 Å². The van der Waals surface area contributed by atoms with Crippen LogP contribution in [0.2, 0.25) is 0 Å². The van der Waals surface area contributed by atoms with Crippen LogP contribution in [0.5, 0.6) is 0 Å². The van der Waals surface area contributed by atoms with Crippen molar-refractivity contribution in [2.75, 3.05) is 6.54 Å². The summed E-state index contributed by atoms with van der Waals surface area (Å²) >= 11 is 1.54. The van der Waals surface area contributed by atoms with E-state index < -0.39 is 0 Å². The molecule has 0 bridgehead atoms. The van der Waals surface area contributed by atoms with Gasteiger partial charge >= 0.3 is 0 Å². The molecule has 0 spiro atoms. The van der Waals surface area contributed by atoms with E-state index in [1.54, 1.807) is 12.1 Å². The molecule has 5 aromatic rings. The number of nitrogens with one attached hydrogen (secondary N) is 1. The number of aromatic nitrogens is 4. The minimum atomic E-state index is -0.263. The summed E-state index contributed by atoms with van der Waals surface area (Å²) in [6, 6.07) is 17.1. The largest absolute Gasteiger partial charge is 0.448 e. The van der Waals surface area contributed by atoms with Crippen molar-refractivity contribution in [1.29, 1.82) is 0 Å². The maximum Gasteiger partial charge on any atom is 0.287 e. The predicted octanol–water partition coefficient (Wildman–Crippen LogP) is 3.57. The smallest absolute Gasteiger partial charge is 0.287 e. The molecule has 0 aliphatic carbocycles. The number of furan rings is 1. The molecule has 0 atom stereocenters. The molecule has 1 amide bonds. The quantitative estimate of drug-likeness (QED) is 0.497. The number of hydrogen-bond acceptors (Lipinski definition) is 6. The zero-order valence-electron chi connectivity index (χ0n) is 14.7. The van der Waals surface area contributed by atoms with Crippen LogP contribution in [0.1, 0.15) is 16.4 Å². The number of hydrogen-bond donors (Lipinski definition) is 1. The molecule has 0 saturated heterocycles. The van der Waals surface area contributed by atoms with Crippen LogP contribution in [0.4, 0.5) is 0 Å². The maximum atomic E-state index is 12.4. The fourth-order valence-corrected chi connectivity index (χ4v) is 3.92. The number of rotatable bonds is 5. The molecule has 4 aromatic heterocycles. The minimum Gasteiger partial charge on any atom is -0.448 e. The van der Waals surface area contributed by atoms with Crippen LogP contribution >= 0.6 is 11.3 Å². The molecule has 0 fully saturated rings. The number of carbonyl (C=O) groups is 1. The first-order chi connectivity index (χ1) is 13.8. The molecule has 5 rings (SSSR count). The van der Waals surface area contributed by atoms with Crippen LogP contribution < -0.4 is 5.32 Å². The van der Waals surface area contributed by atoms with Crippen molar-refractivity contribution in [1.82, 2.24) is 24.9 Å². The van der Waals surface area contributed by atoms with Crippen molar-refractivity contribution < 1.29 is 9.21 Å². The number of carbonyl (C=O) groups excluding carboxylic acids is 1. The van der Waals surface area contributed by atoms with E-state index in [0.717, 1.165) is 26.7 Å². The van der Waals surface area contributed by atoms with Crippen molar-refractivity contribution in [2.24, 2.45) is 0 Å². The average molecular weight is 389 g/mol. The fourth-order valence-electron chi connectivity index (χ4n) is 2.99. The van der Waals surface area contributed by atoms with Crippen LogP contribution in [0.3, 0.4) is 0 Å². The highest BCUT2D eigenvalue weighted by molar-refractivity contribution is 7.21. The monoisotopic (exact) mass is 389 g/mol. The maximum absolute atomic E-state index is 12.4. The Morgan fingerprint density at radius 2 is 1.96 bits per heavy atom. The van der Waals surface area contributed by atoms with Crippen LogP contribution in [-0.4, -0.2) is 32.0 Å². The normalized spacial score (nSPS) is 11.3. The molecule has 0 aliphatic rings. The van der Waals surface area contributed by atoms with Crippen molar-refractivity contribution in [2.45, 2.75) is 6.42 Å². The molecule has 1 N–H and O–H groups in total. The molecule has 4 heterocycles. The molecule has 0 saturated carbocycles. The van der Waals surface area contributed by atoms with Gasteiger partial charge in [-0.3, -0.25) is 9.20 Å². The van der Waals surface area contributed by atoms with Gasteiger partial charge in [0.2, 0.25) is 0 Å². The lowest BCUT2D eigenvalue weighted by molar-refractivity contribution is 0.0927. The first-order valence-corrected chi connectivity index (χ1v) is 9.62. The molecule has 0 aliphatic heterocycles. The molecular weight excluding hydrogens is 374 g/mol. The molecule has 28 heavy (non-hydrogen) atoms. The molecule has 0 unspecified atom stereocenters. The third kappa shape index (κ3) is 3.03. The summed E-state index contributed by atoms with van der Waals surface area (Å²) in [7, 11) is 0. The fraction of sp³-hybridized carbons (Fsp3) is 0.100. The van der Waals surface area contributed by atoms with Crippen molar-refractivity contribution in [3.05, 3.63) is 72.4 Å². The second-order valence-electron chi connectivity index (χ2n) is 6.20. The Bertz CT molecular complexity index is 1250. The second-order valence-corrected chi connectivity index (χ2v) is 7.23. The number of fused-ring (bicyclic) bond motifs is 2. The van der Waals surface area contributed by atoms with Gasteiger partial charge in [0, 0.05) is 19.2 Å².